The molecule has 0 atom stereocenters. The fourth-order valence-corrected chi connectivity index (χ4v) is 9.21. The number of rotatable bonds is 12. The first-order chi connectivity index (χ1) is 26.7. The monoisotopic (exact) mass is 954 g/mol. The van der Waals surface area contributed by atoms with Crippen LogP contribution in [0.15, 0.2) is 44.0 Å². The van der Waals surface area contributed by atoms with Crippen LogP contribution in [0.5, 0.6) is 0 Å². The Morgan fingerprint density at radius 2 is 1.09 bits per heavy atom. The number of Topliss-reactive ketones (excluding diaryl/α,β-unsaturated/α-hetero) is 2. The van der Waals surface area contributed by atoms with Crippen LogP contribution in [0.2, 0.25) is 5.02 Å². The zero-order valence-corrected chi connectivity index (χ0v) is 34.8. The largest absolute Gasteiger partial charge is 0.481 e. The molecular weight excluding hydrogens is 923 g/mol. The van der Waals surface area contributed by atoms with E-state index >= 15 is 0 Å². The molecule has 14 nitrogen and oxygen atoms in total. The lowest BCUT2D eigenvalue weighted by Crippen LogP contribution is -2.22. The predicted molar refractivity (Wildman–Crippen MR) is 218 cm³/mol. The minimum Gasteiger partial charge on any atom is -0.481 e. The Hall–Kier alpha value is -4.30. The van der Waals surface area contributed by atoms with Gasteiger partial charge in [0.15, 0.2) is 21.8 Å². The minimum atomic E-state index is -1.04. The van der Waals surface area contributed by atoms with Crippen LogP contribution in [0.1, 0.15) is 83.5 Å². The average Bonchev–Trinajstić information content (AvgIpc) is 3.96. The number of carbonyl (C=O) groups excluding carboxylic acids is 4. The molecule has 0 bridgehead atoms. The Bertz CT molecular complexity index is 2010. The van der Waals surface area contributed by atoms with Gasteiger partial charge in [-0.3, -0.25) is 29.8 Å². The molecule has 6 N–H and O–H groups in total. The van der Waals surface area contributed by atoms with Crippen molar-refractivity contribution in [3.63, 3.8) is 0 Å². The number of anilines is 4. The summed E-state index contributed by atoms with van der Waals surface area (Å²) in [5.41, 5.74) is 1.76. The molecule has 2 aromatic heterocycles. The third-order valence-corrected chi connectivity index (χ3v) is 12.5. The van der Waals surface area contributed by atoms with E-state index in [1.165, 1.54) is 12.1 Å². The molecule has 4 amide bonds. The molecule has 4 aromatic rings. The summed E-state index contributed by atoms with van der Waals surface area (Å²) in [5, 5.41) is 28.9. The number of thiazole rings is 2. The number of hydrogen-bond acceptors (Lipinski definition) is 10. The fraction of sp³-hybridized carbons (Fsp3) is 0.333. The van der Waals surface area contributed by atoms with E-state index in [0.717, 1.165) is 80.1 Å². The van der Waals surface area contributed by atoms with Crippen molar-refractivity contribution in [1.82, 2.24) is 9.97 Å². The second kappa shape index (κ2) is 19.7. The van der Waals surface area contributed by atoms with Crippen LogP contribution in [-0.4, -0.2) is 55.7 Å². The van der Waals surface area contributed by atoms with Gasteiger partial charge in [-0.05, 0) is 93.9 Å². The molecule has 2 saturated carbocycles. The predicted octanol–water partition coefficient (Wildman–Crippen LogP) is 9.89. The lowest BCUT2D eigenvalue weighted by Gasteiger charge is -2.14. The van der Waals surface area contributed by atoms with Crippen LogP contribution in [0.4, 0.5) is 35.6 Å². The molecule has 0 saturated heterocycles. The smallest absolute Gasteiger partial charge is 0.325 e. The van der Waals surface area contributed by atoms with E-state index in [4.69, 9.17) is 21.8 Å². The minimum absolute atomic E-state index is 0.0176. The third kappa shape index (κ3) is 11.9. The molecule has 0 spiro atoms. The van der Waals surface area contributed by atoms with Crippen LogP contribution in [0, 0.1) is 17.7 Å². The van der Waals surface area contributed by atoms with E-state index in [1.54, 1.807) is 18.2 Å². The van der Waals surface area contributed by atoms with Crippen molar-refractivity contribution < 1.29 is 43.4 Å². The maximum Gasteiger partial charge on any atom is 0.325 e. The lowest BCUT2D eigenvalue weighted by atomic mass is 9.95. The molecule has 0 unspecified atom stereocenters. The second-order valence-corrected chi connectivity index (χ2v) is 17.9. The van der Waals surface area contributed by atoms with E-state index in [1.807, 2.05) is 0 Å². The molecule has 0 radical (unpaired) electrons. The summed E-state index contributed by atoms with van der Waals surface area (Å²) in [4.78, 5) is 80.0. The highest BCUT2D eigenvalue weighted by atomic mass is 79.9. The molecule has 2 fully saturated rings. The van der Waals surface area contributed by atoms with E-state index in [2.05, 4.69) is 63.1 Å². The van der Waals surface area contributed by atoms with Gasteiger partial charge in [-0.25, -0.2) is 23.9 Å². The highest BCUT2D eigenvalue weighted by molar-refractivity contribution is 9.11. The normalized spacial score (nSPS) is 14.1. The van der Waals surface area contributed by atoms with Crippen molar-refractivity contribution in [3.8, 4) is 0 Å². The number of carbonyl (C=O) groups is 6. The van der Waals surface area contributed by atoms with Crippen molar-refractivity contribution in [2.45, 2.75) is 64.2 Å². The zero-order chi connectivity index (χ0) is 40.5. The highest BCUT2D eigenvalue weighted by Gasteiger charge is 2.28. The maximum absolute atomic E-state index is 13.7. The molecule has 296 valence electrons. The molecule has 0 aliphatic heterocycles. The first-order valence-electron chi connectivity index (χ1n) is 17.2. The van der Waals surface area contributed by atoms with Gasteiger partial charge in [0, 0.05) is 28.0 Å². The van der Waals surface area contributed by atoms with Crippen molar-refractivity contribution in [3.05, 3.63) is 77.3 Å². The summed E-state index contributed by atoms with van der Waals surface area (Å²) < 4.78 is 14.7. The van der Waals surface area contributed by atoms with Gasteiger partial charge in [-0.2, -0.15) is 0 Å². The molecule has 2 aliphatic carbocycles. The Kier molecular flexibility index (Phi) is 15.1. The van der Waals surface area contributed by atoms with Crippen molar-refractivity contribution in [2.75, 3.05) is 21.3 Å². The van der Waals surface area contributed by atoms with E-state index < -0.39 is 29.8 Å². The molecule has 2 heterocycles. The number of urea groups is 2. The number of aromatic nitrogens is 2. The van der Waals surface area contributed by atoms with E-state index in [0.29, 0.717) is 35.2 Å². The number of carboxylic acid groups (broad SMARTS) is 2. The Morgan fingerprint density at radius 1 is 0.679 bits per heavy atom. The summed E-state index contributed by atoms with van der Waals surface area (Å²) in [6.07, 6.45) is 6.67. The average molecular weight is 957 g/mol. The standard InChI is InChI=1S/C18H17BrClN3O4S.C18H17BrFN3O4S/c2*19-16-13(8-14(24)25)22-18(28-16)23-17(27)21-12-6-5-10(20)7-11(12)15(26)9-3-1-2-4-9/h2*5-7,9H,1-4,8H2,(H,24,25)(H2,21,22,23,27). The number of amides is 4. The fourth-order valence-electron chi connectivity index (χ4n) is 6.25. The van der Waals surface area contributed by atoms with Crippen LogP contribution in [0.25, 0.3) is 0 Å². The first kappa shape index (κ1) is 42.8. The number of nitrogens with zero attached hydrogens (tertiary/aromatic N) is 2. The number of aliphatic carboxylic acids is 2. The van der Waals surface area contributed by atoms with Gasteiger partial charge in [0.2, 0.25) is 0 Å². The molecule has 6 rings (SSSR count). The summed E-state index contributed by atoms with van der Waals surface area (Å²) in [5.74, 6) is -2.99. The number of ketones is 2. The molecule has 20 heteroatoms. The number of halogens is 4. The van der Waals surface area contributed by atoms with Gasteiger partial charge in [-0.15, -0.1) is 0 Å². The highest BCUT2D eigenvalue weighted by Crippen LogP contribution is 2.34. The topological polar surface area (TPSA) is 217 Å². The number of carboxylic acids is 2. The van der Waals surface area contributed by atoms with Gasteiger partial charge in [0.1, 0.15) is 5.82 Å². The van der Waals surface area contributed by atoms with Crippen LogP contribution < -0.4 is 21.3 Å². The molecular formula is C36H34Br2ClFN6O8S2. The molecule has 2 aromatic carbocycles. The third-order valence-electron chi connectivity index (χ3n) is 8.82. The number of benzene rings is 2. The maximum atomic E-state index is 13.7. The quantitative estimate of drug-likeness (QED) is 0.0739. The van der Waals surface area contributed by atoms with Gasteiger partial charge in [-0.1, -0.05) is 60.0 Å². The second-order valence-electron chi connectivity index (χ2n) is 12.8. The van der Waals surface area contributed by atoms with Crippen molar-refractivity contribution in [1.29, 1.82) is 0 Å². The van der Waals surface area contributed by atoms with Gasteiger partial charge < -0.3 is 20.8 Å². The van der Waals surface area contributed by atoms with Gasteiger partial charge in [0.25, 0.3) is 0 Å². The summed E-state index contributed by atoms with van der Waals surface area (Å²) in [6, 6.07) is 7.20. The van der Waals surface area contributed by atoms with Crippen LogP contribution >= 0.6 is 66.1 Å². The summed E-state index contributed by atoms with van der Waals surface area (Å²) >= 11 is 14.7. The molecule has 2 aliphatic rings. The van der Waals surface area contributed by atoms with Crippen LogP contribution in [0.3, 0.4) is 0 Å². The summed E-state index contributed by atoms with van der Waals surface area (Å²) in [6.45, 7) is 0. The van der Waals surface area contributed by atoms with Crippen molar-refractivity contribution >= 4 is 123 Å². The molecule has 56 heavy (non-hydrogen) atoms. The Labute approximate surface area is 349 Å². The van der Waals surface area contributed by atoms with E-state index in [9.17, 15) is 33.2 Å². The lowest BCUT2D eigenvalue weighted by molar-refractivity contribution is -0.137. The SMILES string of the molecule is O=C(O)Cc1nc(NC(=O)Nc2ccc(Cl)cc2C(=O)C2CCCC2)sc1Br.O=C(O)Cc1nc(NC(=O)Nc2ccc(F)cc2C(=O)C2CCCC2)sc1Br. The first-order valence-corrected chi connectivity index (χ1v) is 20.8. The zero-order valence-electron chi connectivity index (χ0n) is 29.3. The van der Waals surface area contributed by atoms with Gasteiger partial charge >= 0.3 is 24.0 Å². The van der Waals surface area contributed by atoms with Crippen LogP contribution in [-0.2, 0) is 22.4 Å². The Balaban J connectivity index is 0.000000214. The van der Waals surface area contributed by atoms with Gasteiger partial charge in [0.05, 0.1) is 43.2 Å². The van der Waals surface area contributed by atoms with E-state index in [-0.39, 0.29) is 57.8 Å². The number of nitrogens with one attached hydrogen (secondary N) is 4. The summed E-state index contributed by atoms with van der Waals surface area (Å²) in [7, 11) is 0. The van der Waals surface area contributed by atoms with Crippen molar-refractivity contribution in [2.24, 2.45) is 11.8 Å². The number of hydrogen-bond donors (Lipinski definition) is 6. The Morgan fingerprint density at radius 3 is 1.52 bits per heavy atom.